The Morgan fingerprint density at radius 3 is 2.08 bits per heavy atom. The zero-order valence-corrected chi connectivity index (χ0v) is 16.5. The van der Waals surface area contributed by atoms with E-state index in [1.54, 1.807) is 5.57 Å². The van der Waals surface area contributed by atoms with Crippen LogP contribution in [0.4, 0.5) is 0 Å². The van der Waals surface area contributed by atoms with Crippen molar-refractivity contribution in [1.29, 1.82) is 0 Å². The summed E-state index contributed by atoms with van der Waals surface area (Å²) >= 11 is 0. The Morgan fingerprint density at radius 1 is 0.958 bits per heavy atom. The number of allylic oxidation sites excluding steroid dienone is 1. The first kappa shape index (κ1) is 18.7. The average Bonchev–Trinajstić information content (AvgIpc) is 2.58. The maximum Gasteiger partial charge on any atom is 0.0483 e. The zero-order valence-electron chi connectivity index (χ0n) is 15.5. The van der Waals surface area contributed by atoms with Crippen LogP contribution in [0.25, 0.3) is 0 Å². The van der Waals surface area contributed by atoms with E-state index in [0.29, 0.717) is 6.04 Å². The number of hydrogen-bond acceptors (Lipinski definition) is 1. The van der Waals surface area contributed by atoms with Crippen LogP contribution in [0.3, 0.4) is 0 Å². The van der Waals surface area contributed by atoms with Crippen molar-refractivity contribution in [3.8, 4) is 0 Å². The van der Waals surface area contributed by atoms with Gasteiger partial charge in [-0.1, -0.05) is 92.0 Å². The minimum Gasteiger partial charge on any atom is -0.306 e. The molecule has 0 saturated heterocycles. The quantitative estimate of drug-likeness (QED) is 0.447. The molecule has 0 radical (unpaired) electrons. The van der Waals surface area contributed by atoms with Crippen LogP contribution in [0.5, 0.6) is 0 Å². The molecule has 0 amide bonds. The van der Waals surface area contributed by atoms with Crippen LogP contribution in [0.2, 0.25) is 25.7 Å². The normalized spacial score (nSPS) is 13.8. The van der Waals surface area contributed by atoms with Crippen LogP contribution in [0.15, 0.2) is 72.3 Å². The third-order valence-corrected chi connectivity index (χ3v) is 5.74. The standard InChI is InChI=1S/C22H31NSi/c1-5-19(18-24(2,3)4)16-22(21-14-10-7-11-15-21)23-17-20-12-8-6-9-13-20/h5-15,22-23H,16-18H2,1-4H3/b19-5+. The fraction of sp³-hybridized carbons (Fsp3) is 0.364. The van der Waals surface area contributed by atoms with Crippen LogP contribution in [-0.2, 0) is 6.54 Å². The fourth-order valence-electron chi connectivity index (χ4n) is 3.07. The smallest absolute Gasteiger partial charge is 0.0483 e. The van der Waals surface area contributed by atoms with Crippen molar-refractivity contribution in [3.63, 3.8) is 0 Å². The highest BCUT2D eigenvalue weighted by atomic mass is 28.3. The number of hydrogen-bond donors (Lipinski definition) is 1. The molecule has 0 heterocycles. The molecule has 2 aromatic carbocycles. The maximum absolute atomic E-state index is 3.78. The first-order valence-electron chi connectivity index (χ1n) is 8.94. The van der Waals surface area contributed by atoms with Gasteiger partial charge in [0.2, 0.25) is 0 Å². The highest BCUT2D eigenvalue weighted by Gasteiger charge is 2.19. The SMILES string of the molecule is C/C=C(\CC(NCc1ccccc1)c1ccccc1)C[Si](C)(C)C. The van der Waals surface area contributed by atoms with Crippen LogP contribution in [0.1, 0.15) is 30.5 Å². The van der Waals surface area contributed by atoms with Crippen molar-refractivity contribution in [2.24, 2.45) is 0 Å². The molecule has 0 aliphatic rings. The van der Waals surface area contributed by atoms with E-state index in [1.807, 2.05) is 0 Å². The van der Waals surface area contributed by atoms with E-state index in [9.17, 15) is 0 Å². The lowest BCUT2D eigenvalue weighted by atomic mass is 9.99. The molecular weight excluding hydrogens is 306 g/mol. The molecule has 1 unspecified atom stereocenters. The average molecular weight is 338 g/mol. The van der Waals surface area contributed by atoms with Gasteiger partial charge < -0.3 is 5.32 Å². The van der Waals surface area contributed by atoms with Crippen LogP contribution in [-0.4, -0.2) is 8.07 Å². The highest BCUT2D eigenvalue weighted by molar-refractivity contribution is 6.76. The van der Waals surface area contributed by atoms with Gasteiger partial charge in [0.25, 0.3) is 0 Å². The van der Waals surface area contributed by atoms with Crippen LogP contribution < -0.4 is 5.32 Å². The number of nitrogens with one attached hydrogen (secondary N) is 1. The molecular formula is C22H31NSi. The Labute approximate surface area is 148 Å². The monoisotopic (exact) mass is 337 g/mol. The van der Waals surface area contributed by atoms with Gasteiger partial charge >= 0.3 is 0 Å². The van der Waals surface area contributed by atoms with E-state index in [0.717, 1.165) is 13.0 Å². The Bertz CT molecular complexity index is 626. The molecule has 0 bridgehead atoms. The van der Waals surface area contributed by atoms with Crippen molar-refractivity contribution in [3.05, 3.63) is 83.4 Å². The summed E-state index contributed by atoms with van der Waals surface area (Å²) in [6, 6.07) is 23.2. The lowest BCUT2D eigenvalue weighted by Crippen LogP contribution is -2.24. The summed E-state index contributed by atoms with van der Waals surface area (Å²) in [5.74, 6) is 0. The molecule has 0 saturated carbocycles. The zero-order chi connectivity index (χ0) is 17.4. The molecule has 2 rings (SSSR count). The minimum absolute atomic E-state index is 0.369. The predicted octanol–water partition coefficient (Wildman–Crippen LogP) is 6.19. The van der Waals surface area contributed by atoms with Crippen molar-refractivity contribution >= 4 is 8.07 Å². The Kier molecular flexibility index (Phi) is 7.01. The molecule has 0 aliphatic heterocycles. The van der Waals surface area contributed by atoms with Crippen LogP contribution >= 0.6 is 0 Å². The maximum atomic E-state index is 3.78. The lowest BCUT2D eigenvalue weighted by molar-refractivity contribution is 0.528. The van der Waals surface area contributed by atoms with E-state index in [4.69, 9.17) is 0 Å². The molecule has 0 aromatic heterocycles. The Morgan fingerprint density at radius 2 is 1.54 bits per heavy atom. The van der Waals surface area contributed by atoms with Gasteiger partial charge in [-0.15, -0.1) is 0 Å². The van der Waals surface area contributed by atoms with Gasteiger partial charge in [0.1, 0.15) is 0 Å². The van der Waals surface area contributed by atoms with Crippen molar-refractivity contribution in [1.82, 2.24) is 5.32 Å². The minimum atomic E-state index is -1.09. The second kappa shape index (κ2) is 9.00. The van der Waals surface area contributed by atoms with Gasteiger partial charge in [0, 0.05) is 20.7 Å². The largest absolute Gasteiger partial charge is 0.306 e. The molecule has 2 heteroatoms. The van der Waals surface area contributed by atoms with Crippen molar-refractivity contribution < 1.29 is 0 Å². The summed E-state index contributed by atoms with van der Waals surface area (Å²) in [6.07, 6.45) is 3.43. The van der Waals surface area contributed by atoms with Crippen LogP contribution in [0, 0.1) is 0 Å². The molecule has 1 atom stereocenters. The molecule has 1 nitrogen and oxygen atoms in total. The fourth-order valence-corrected chi connectivity index (χ4v) is 4.78. The highest BCUT2D eigenvalue weighted by Crippen LogP contribution is 2.27. The second-order valence-corrected chi connectivity index (χ2v) is 13.2. The van der Waals surface area contributed by atoms with Gasteiger partial charge in [-0.3, -0.25) is 0 Å². The van der Waals surface area contributed by atoms with E-state index in [1.165, 1.54) is 17.2 Å². The summed E-state index contributed by atoms with van der Waals surface area (Å²) < 4.78 is 0. The van der Waals surface area contributed by atoms with E-state index < -0.39 is 8.07 Å². The topological polar surface area (TPSA) is 12.0 Å². The van der Waals surface area contributed by atoms with E-state index in [2.05, 4.69) is 98.6 Å². The van der Waals surface area contributed by atoms with Gasteiger partial charge in [0.05, 0.1) is 0 Å². The van der Waals surface area contributed by atoms with Gasteiger partial charge in [-0.25, -0.2) is 0 Å². The third-order valence-electron chi connectivity index (χ3n) is 4.23. The first-order valence-corrected chi connectivity index (χ1v) is 12.6. The Balaban J connectivity index is 2.11. The summed E-state index contributed by atoms with van der Waals surface area (Å²) in [6.45, 7) is 10.4. The van der Waals surface area contributed by atoms with Crippen molar-refractivity contribution in [2.75, 3.05) is 0 Å². The lowest BCUT2D eigenvalue weighted by Gasteiger charge is -2.24. The summed E-state index contributed by atoms with van der Waals surface area (Å²) in [5.41, 5.74) is 4.30. The molecule has 0 fully saturated rings. The van der Waals surface area contributed by atoms with Gasteiger partial charge in [-0.05, 0) is 30.5 Å². The molecule has 2 aromatic rings. The third kappa shape index (κ3) is 6.46. The van der Waals surface area contributed by atoms with Crippen molar-refractivity contribution in [2.45, 2.75) is 51.6 Å². The van der Waals surface area contributed by atoms with Gasteiger partial charge in [-0.2, -0.15) is 0 Å². The first-order chi connectivity index (χ1) is 11.5. The van der Waals surface area contributed by atoms with E-state index in [-0.39, 0.29) is 0 Å². The van der Waals surface area contributed by atoms with E-state index >= 15 is 0 Å². The summed E-state index contributed by atoms with van der Waals surface area (Å²) in [4.78, 5) is 0. The molecule has 0 aliphatic carbocycles. The molecule has 0 spiro atoms. The molecule has 128 valence electrons. The second-order valence-electron chi connectivity index (χ2n) is 7.72. The molecule has 1 N–H and O–H groups in total. The molecule has 24 heavy (non-hydrogen) atoms. The predicted molar refractivity (Wildman–Crippen MR) is 109 cm³/mol. The number of rotatable bonds is 8. The van der Waals surface area contributed by atoms with Gasteiger partial charge in [0.15, 0.2) is 0 Å². The summed E-state index contributed by atoms with van der Waals surface area (Å²) in [7, 11) is -1.09. The Hall–Kier alpha value is -1.64. The summed E-state index contributed by atoms with van der Waals surface area (Å²) in [5, 5.41) is 3.78. The number of benzene rings is 2.